The number of rotatable bonds is 5. The predicted molar refractivity (Wildman–Crippen MR) is 52.3 cm³/mol. The standard InChI is InChI=1S/C8H17NO2S/c1-4-8(2,6-10)9-7(11)5-12-3/h10H,4-6H2,1-3H3,(H,9,11). The van der Waals surface area contributed by atoms with Crippen LogP contribution in [0.4, 0.5) is 0 Å². The Bertz CT molecular complexity index is 146. The maximum absolute atomic E-state index is 11.1. The molecule has 4 heteroatoms. The number of thioether (sulfide) groups is 1. The van der Waals surface area contributed by atoms with E-state index in [1.165, 1.54) is 11.8 Å². The van der Waals surface area contributed by atoms with Gasteiger partial charge < -0.3 is 10.4 Å². The summed E-state index contributed by atoms with van der Waals surface area (Å²) < 4.78 is 0. The first kappa shape index (κ1) is 11.8. The average Bonchev–Trinajstić information content (AvgIpc) is 2.05. The summed E-state index contributed by atoms with van der Waals surface area (Å²) in [6.45, 7) is 3.77. The summed E-state index contributed by atoms with van der Waals surface area (Å²) in [6, 6.07) is 0. The molecule has 1 atom stereocenters. The largest absolute Gasteiger partial charge is 0.394 e. The van der Waals surface area contributed by atoms with E-state index in [9.17, 15) is 4.79 Å². The monoisotopic (exact) mass is 191 g/mol. The summed E-state index contributed by atoms with van der Waals surface area (Å²) in [4.78, 5) is 11.1. The van der Waals surface area contributed by atoms with E-state index in [2.05, 4.69) is 5.32 Å². The van der Waals surface area contributed by atoms with Crippen molar-refractivity contribution in [2.24, 2.45) is 0 Å². The van der Waals surface area contributed by atoms with Gasteiger partial charge in [0.25, 0.3) is 0 Å². The Morgan fingerprint density at radius 3 is 2.58 bits per heavy atom. The second kappa shape index (κ2) is 5.43. The molecular weight excluding hydrogens is 174 g/mol. The van der Waals surface area contributed by atoms with E-state index in [1.807, 2.05) is 20.1 Å². The maximum Gasteiger partial charge on any atom is 0.230 e. The second-order valence-corrected chi connectivity index (χ2v) is 3.92. The number of aliphatic hydroxyl groups is 1. The molecule has 0 saturated carbocycles. The van der Waals surface area contributed by atoms with Crippen molar-refractivity contribution in [3.8, 4) is 0 Å². The lowest BCUT2D eigenvalue weighted by Crippen LogP contribution is -2.49. The first-order valence-corrected chi connectivity index (χ1v) is 5.38. The lowest BCUT2D eigenvalue weighted by Gasteiger charge is -2.26. The summed E-state index contributed by atoms with van der Waals surface area (Å²) in [7, 11) is 0. The van der Waals surface area contributed by atoms with E-state index in [4.69, 9.17) is 5.11 Å². The highest BCUT2D eigenvalue weighted by molar-refractivity contribution is 7.99. The quantitative estimate of drug-likeness (QED) is 0.670. The van der Waals surface area contributed by atoms with Gasteiger partial charge in [0.2, 0.25) is 5.91 Å². The van der Waals surface area contributed by atoms with Crippen molar-refractivity contribution in [2.75, 3.05) is 18.6 Å². The minimum absolute atomic E-state index is 0.0103. The van der Waals surface area contributed by atoms with Crippen LogP contribution in [0.1, 0.15) is 20.3 Å². The van der Waals surface area contributed by atoms with Gasteiger partial charge in [-0.15, -0.1) is 0 Å². The molecule has 0 aliphatic carbocycles. The third kappa shape index (κ3) is 3.97. The van der Waals surface area contributed by atoms with Gasteiger partial charge >= 0.3 is 0 Å². The molecule has 3 nitrogen and oxygen atoms in total. The molecule has 0 heterocycles. The Kier molecular flexibility index (Phi) is 5.33. The molecule has 0 aromatic heterocycles. The van der Waals surface area contributed by atoms with E-state index < -0.39 is 5.54 Å². The Hall–Kier alpha value is -0.220. The predicted octanol–water partition coefficient (Wildman–Crippen LogP) is 0.627. The maximum atomic E-state index is 11.1. The van der Waals surface area contributed by atoms with E-state index in [0.717, 1.165) is 6.42 Å². The zero-order valence-corrected chi connectivity index (χ0v) is 8.70. The van der Waals surface area contributed by atoms with Crippen LogP contribution in [0.2, 0.25) is 0 Å². The molecule has 0 aliphatic rings. The summed E-state index contributed by atoms with van der Waals surface area (Å²) >= 11 is 1.48. The lowest BCUT2D eigenvalue weighted by molar-refractivity contribution is -0.120. The molecule has 0 aliphatic heterocycles. The number of nitrogens with one attached hydrogen (secondary N) is 1. The fourth-order valence-corrected chi connectivity index (χ4v) is 1.08. The molecule has 0 fully saturated rings. The fourth-order valence-electron chi connectivity index (χ4n) is 0.743. The van der Waals surface area contributed by atoms with Crippen molar-refractivity contribution in [2.45, 2.75) is 25.8 Å². The molecular formula is C8H17NO2S. The number of carbonyl (C=O) groups is 1. The van der Waals surface area contributed by atoms with Crippen molar-refractivity contribution in [1.82, 2.24) is 5.32 Å². The molecule has 0 aromatic rings. The van der Waals surface area contributed by atoms with E-state index >= 15 is 0 Å². The Morgan fingerprint density at radius 1 is 1.67 bits per heavy atom. The van der Waals surface area contributed by atoms with Crippen molar-refractivity contribution in [1.29, 1.82) is 0 Å². The summed E-state index contributed by atoms with van der Waals surface area (Å²) in [6.07, 6.45) is 2.62. The highest BCUT2D eigenvalue weighted by atomic mass is 32.2. The third-order valence-electron chi connectivity index (χ3n) is 1.85. The Morgan fingerprint density at radius 2 is 2.25 bits per heavy atom. The van der Waals surface area contributed by atoms with Crippen molar-refractivity contribution < 1.29 is 9.90 Å². The van der Waals surface area contributed by atoms with Crippen LogP contribution in [0.15, 0.2) is 0 Å². The molecule has 0 radical (unpaired) electrons. The summed E-state index contributed by atoms with van der Waals surface area (Å²) in [5, 5.41) is 11.8. The molecule has 72 valence electrons. The van der Waals surface area contributed by atoms with Gasteiger partial charge in [-0.25, -0.2) is 0 Å². The number of carbonyl (C=O) groups excluding carboxylic acids is 1. The molecule has 2 N–H and O–H groups in total. The van der Waals surface area contributed by atoms with Crippen LogP contribution in [-0.2, 0) is 4.79 Å². The topological polar surface area (TPSA) is 49.3 Å². The van der Waals surface area contributed by atoms with E-state index in [1.54, 1.807) is 0 Å². The lowest BCUT2D eigenvalue weighted by atomic mass is 10.0. The first-order chi connectivity index (χ1) is 5.58. The van der Waals surface area contributed by atoms with Gasteiger partial charge in [-0.1, -0.05) is 6.92 Å². The molecule has 1 unspecified atom stereocenters. The second-order valence-electron chi connectivity index (χ2n) is 3.05. The average molecular weight is 191 g/mol. The molecule has 12 heavy (non-hydrogen) atoms. The molecule has 0 aromatic carbocycles. The van der Waals surface area contributed by atoms with Gasteiger partial charge in [-0.2, -0.15) is 11.8 Å². The number of aliphatic hydroxyl groups excluding tert-OH is 1. The first-order valence-electron chi connectivity index (χ1n) is 3.99. The minimum atomic E-state index is -0.452. The van der Waals surface area contributed by atoms with Crippen LogP contribution in [-0.4, -0.2) is 35.2 Å². The van der Waals surface area contributed by atoms with Crippen LogP contribution in [0, 0.1) is 0 Å². The minimum Gasteiger partial charge on any atom is -0.394 e. The molecule has 0 bridgehead atoms. The van der Waals surface area contributed by atoms with Gasteiger partial charge in [0, 0.05) is 0 Å². The van der Waals surface area contributed by atoms with Crippen molar-refractivity contribution in [3.05, 3.63) is 0 Å². The number of hydrogen-bond donors (Lipinski definition) is 2. The highest BCUT2D eigenvalue weighted by Gasteiger charge is 2.22. The molecule has 0 spiro atoms. The summed E-state index contributed by atoms with van der Waals surface area (Å²) in [5.74, 6) is 0.441. The smallest absolute Gasteiger partial charge is 0.230 e. The van der Waals surface area contributed by atoms with Gasteiger partial charge in [0.05, 0.1) is 17.9 Å². The van der Waals surface area contributed by atoms with Crippen LogP contribution in [0.3, 0.4) is 0 Å². The Labute approximate surface area is 77.9 Å². The highest BCUT2D eigenvalue weighted by Crippen LogP contribution is 2.07. The number of amides is 1. The molecule has 0 rings (SSSR count). The van der Waals surface area contributed by atoms with Gasteiger partial charge in [0.1, 0.15) is 0 Å². The van der Waals surface area contributed by atoms with Crippen molar-refractivity contribution >= 4 is 17.7 Å². The van der Waals surface area contributed by atoms with E-state index in [-0.39, 0.29) is 12.5 Å². The normalized spacial score (nSPS) is 15.3. The van der Waals surface area contributed by atoms with Crippen LogP contribution in [0.25, 0.3) is 0 Å². The Balaban J connectivity index is 3.93. The molecule has 1 amide bonds. The van der Waals surface area contributed by atoms with Crippen LogP contribution >= 0.6 is 11.8 Å². The van der Waals surface area contributed by atoms with Crippen LogP contribution < -0.4 is 5.32 Å². The zero-order chi connectivity index (χ0) is 9.61. The summed E-state index contributed by atoms with van der Waals surface area (Å²) in [5.41, 5.74) is -0.452. The van der Waals surface area contributed by atoms with Crippen molar-refractivity contribution in [3.63, 3.8) is 0 Å². The van der Waals surface area contributed by atoms with Gasteiger partial charge in [0.15, 0.2) is 0 Å². The molecule has 0 saturated heterocycles. The van der Waals surface area contributed by atoms with Gasteiger partial charge in [-0.3, -0.25) is 4.79 Å². The zero-order valence-electron chi connectivity index (χ0n) is 7.89. The number of hydrogen-bond acceptors (Lipinski definition) is 3. The van der Waals surface area contributed by atoms with Gasteiger partial charge in [-0.05, 0) is 19.6 Å². The fraction of sp³-hybridized carbons (Fsp3) is 0.875. The third-order valence-corrected chi connectivity index (χ3v) is 2.40. The SMILES string of the molecule is CCC(C)(CO)NC(=O)CSC. The van der Waals surface area contributed by atoms with Crippen LogP contribution in [0.5, 0.6) is 0 Å². The van der Waals surface area contributed by atoms with E-state index in [0.29, 0.717) is 5.75 Å².